The molecule has 0 N–H and O–H groups in total. The Bertz CT molecular complexity index is 324. The van der Waals surface area contributed by atoms with Crippen LogP contribution >= 0.6 is 0 Å². The minimum atomic E-state index is -0.551. The molecular weight excluding hydrogens is 184 g/mol. The topological polar surface area (TPSA) is 69.2 Å². The van der Waals surface area contributed by atoms with Gasteiger partial charge in [-0.3, -0.25) is 9.59 Å². The normalized spacial score (nSPS) is 9.50. The van der Waals surface area contributed by atoms with Gasteiger partial charge in [-0.05, 0) is 13.0 Å². The zero-order chi connectivity index (χ0) is 10.4. The van der Waals surface area contributed by atoms with Gasteiger partial charge in [-0.25, -0.2) is 9.97 Å². The van der Waals surface area contributed by atoms with Crippen LogP contribution in [-0.2, 0) is 20.9 Å². The molecule has 0 spiro atoms. The van der Waals surface area contributed by atoms with Crippen LogP contribution in [-0.4, -0.2) is 21.7 Å². The molecule has 1 aromatic heterocycles. The maximum atomic E-state index is 10.9. The molecule has 0 atom stereocenters. The predicted octanol–water partition coefficient (Wildman–Crippen LogP) is 0.499. The second-order valence-corrected chi connectivity index (χ2v) is 2.70. The zero-order valence-electron chi connectivity index (χ0n) is 7.77. The first-order valence-corrected chi connectivity index (χ1v) is 4.09. The molecule has 74 valence electrons. The first-order chi connectivity index (χ1) is 6.68. The highest BCUT2D eigenvalue weighted by atomic mass is 16.5. The van der Waals surface area contributed by atoms with E-state index in [4.69, 9.17) is 4.74 Å². The third-order valence-corrected chi connectivity index (χ3v) is 1.37. The summed E-state index contributed by atoms with van der Waals surface area (Å²) in [7, 11) is 0. The Balaban J connectivity index is 2.34. The SMILES string of the molecule is CC(=O)CC(=O)OCc1ncccn1. The highest BCUT2D eigenvalue weighted by Crippen LogP contribution is 1.94. The minimum Gasteiger partial charge on any atom is -0.457 e. The Morgan fingerprint density at radius 3 is 2.57 bits per heavy atom. The molecule has 0 saturated carbocycles. The van der Waals surface area contributed by atoms with Gasteiger partial charge >= 0.3 is 5.97 Å². The molecule has 1 heterocycles. The second kappa shape index (κ2) is 5.06. The second-order valence-electron chi connectivity index (χ2n) is 2.70. The van der Waals surface area contributed by atoms with Crippen LogP contribution in [0.15, 0.2) is 18.5 Å². The van der Waals surface area contributed by atoms with Gasteiger partial charge in [0.15, 0.2) is 12.4 Å². The Hall–Kier alpha value is -1.78. The van der Waals surface area contributed by atoms with Crippen molar-refractivity contribution in [2.24, 2.45) is 0 Å². The largest absolute Gasteiger partial charge is 0.457 e. The van der Waals surface area contributed by atoms with Gasteiger partial charge in [0, 0.05) is 12.4 Å². The number of carbonyl (C=O) groups excluding carboxylic acids is 2. The Morgan fingerprint density at radius 1 is 1.36 bits per heavy atom. The van der Waals surface area contributed by atoms with Crippen molar-refractivity contribution in [1.82, 2.24) is 9.97 Å². The summed E-state index contributed by atoms with van der Waals surface area (Å²) >= 11 is 0. The quantitative estimate of drug-likeness (QED) is 0.515. The number of Topliss-reactive ketones (excluding diaryl/α,β-unsaturated/α-hetero) is 1. The predicted molar refractivity (Wildman–Crippen MR) is 47.1 cm³/mol. The van der Waals surface area contributed by atoms with E-state index in [1.807, 2.05) is 0 Å². The molecule has 0 unspecified atom stereocenters. The van der Waals surface area contributed by atoms with Crippen LogP contribution in [0.1, 0.15) is 19.2 Å². The van der Waals surface area contributed by atoms with Gasteiger partial charge in [0.05, 0.1) is 0 Å². The lowest BCUT2D eigenvalue weighted by Gasteiger charge is -2.01. The van der Waals surface area contributed by atoms with Crippen LogP contribution in [0.25, 0.3) is 0 Å². The number of ketones is 1. The fraction of sp³-hybridized carbons (Fsp3) is 0.333. The van der Waals surface area contributed by atoms with Gasteiger partial charge in [-0.1, -0.05) is 0 Å². The molecule has 5 nitrogen and oxygen atoms in total. The molecular formula is C9H10N2O3. The number of hydrogen-bond acceptors (Lipinski definition) is 5. The lowest BCUT2D eigenvalue weighted by molar-refractivity contribution is -0.147. The number of aromatic nitrogens is 2. The average Bonchev–Trinajstić information content (AvgIpc) is 2.15. The first kappa shape index (κ1) is 10.3. The molecule has 5 heteroatoms. The number of ether oxygens (including phenoxy) is 1. The number of nitrogens with zero attached hydrogens (tertiary/aromatic N) is 2. The molecule has 1 aromatic rings. The highest BCUT2D eigenvalue weighted by molar-refractivity contribution is 5.94. The molecule has 0 aliphatic rings. The summed E-state index contributed by atoms with van der Waals surface area (Å²) in [6, 6.07) is 1.67. The fourth-order valence-electron chi connectivity index (χ4n) is 0.804. The average molecular weight is 194 g/mol. The lowest BCUT2D eigenvalue weighted by atomic mass is 10.3. The molecule has 0 bridgehead atoms. The van der Waals surface area contributed by atoms with Crippen molar-refractivity contribution in [3.8, 4) is 0 Å². The maximum absolute atomic E-state index is 10.9. The first-order valence-electron chi connectivity index (χ1n) is 4.09. The van der Waals surface area contributed by atoms with Crippen LogP contribution < -0.4 is 0 Å². The number of carbonyl (C=O) groups is 2. The highest BCUT2D eigenvalue weighted by Gasteiger charge is 2.06. The van der Waals surface area contributed by atoms with E-state index in [0.29, 0.717) is 5.82 Å². The van der Waals surface area contributed by atoms with Crippen molar-refractivity contribution in [3.63, 3.8) is 0 Å². The molecule has 14 heavy (non-hydrogen) atoms. The van der Waals surface area contributed by atoms with Crippen molar-refractivity contribution in [3.05, 3.63) is 24.3 Å². The van der Waals surface area contributed by atoms with Gasteiger partial charge < -0.3 is 4.74 Å². The van der Waals surface area contributed by atoms with Crippen molar-refractivity contribution in [2.75, 3.05) is 0 Å². The van der Waals surface area contributed by atoms with Gasteiger partial charge in [0.1, 0.15) is 12.2 Å². The molecule has 0 amide bonds. The molecule has 0 fully saturated rings. The standard InChI is InChI=1S/C9H10N2O3/c1-7(12)5-9(13)14-6-8-10-3-2-4-11-8/h2-4H,5-6H2,1H3. The zero-order valence-corrected chi connectivity index (χ0v) is 7.77. The Kier molecular flexibility index (Phi) is 3.72. The Labute approximate surface area is 81.1 Å². The number of rotatable bonds is 4. The van der Waals surface area contributed by atoms with Gasteiger partial charge in [-0.15, -0.1) is 0 Å². The van der Waals surface area contributed by atoms with Crippen molar-refractivity contribution in [1.29, 1.82) is 0 Å². The van der Waals surface area contributed by atoms with E-state index in [9.17, 15) is 9.59 Å². The summed E-state index contributed by atoms with van der Waals surface area (Å²) in [5, 5.41) is 0. The van der Waals surface area contributed by atoms with E-state index >= 15 is 0 Å². The summed E-state index contributed by atoms with van der Waals surface area (Å²) in [5.41, 5.74) is 0. The van der Waals surface area contributed by atoms with E-state index in [0.717, 1.165) is 0 Å². The summed E-state index contributed by atoms with van der Waals surface area (Å²) in [6.07, 6.45) is 2.91. The minimum absolute atomic E-state index is 0.00690. The summed E-state index contributed by atoms with van der Waals surface area (Å²) in [4.78, 5) is 29.2. The van der Waals surface area contributed by atoms with Crippen LogP contribution in [0.4, 0.5) is 0 Å². The van der Waals surface area contributed by atoms with Crippen molar-refractivity contribution in [2.45, 2.75) is 20.0 Å². The van der Waals surface area contributed by atoms with E-state index in [2.05, 4.69) is 9.97 Å². The van der Waals surface area contributed by atoms with Crippen molar-refractivity contribution < 1.29 is 14.3 Å². The van der Waals surface area contributed by atoms with Gasteiger partial charge in [0.2, 0.25) is 0 Å². The van der Waals surface area contributed by atoms with E-state index in [1.165, 1.54) is 6.92 Å². The number of esters is 1. The third-order valence-electron chi connectivity index (χ3n) is 1.37. The lowest BCUT2D eigenvalue weighted by Crippen LogP contribution is -2.09. The summed E-state index contributed by atoms with van der Waals surface area (Å²) in [6.45, 7) is 1.34. The van der Waals surface area contributed by atoms with E-state index in [-0.39, 0.29) is 18.8 Å². The fourth-order valence-corrected chi connectivity index (χ4v) is 0.804. The maximum Gasteiger partial charge on any atom is 0.313 e. The molecule has 0 aliphatic carbocycles. The Morgan fingerprint density at radius 2 is 2.00 bits per heavy atom. The van der Waals surface area contributed by atoms with Gasteiger partial charge in [0.25, 0.3) is 0 Å². The third kappa shape index (κ3) is 3.75. The molecule has 0 aliphatic heterocycles. The van der Waals surface area contributed by atoms with Crippen molar-refractivity contribution >= 4 is 11.8 Å². The van der Waals surface area contributed by atoms with Crippen LogP contribution in [0.3, 0.4) is 0 Å². The summed E-state index contributed by atoms with van der Waals surface area (Å²) in [5.74, 6) is -0.349. The molecule has 0 aromatic carbocycles. The van der Waals surface area contributed by atoms with Crippen LogP contribution in [0.2, 0.25) is 0 Å². The monoisotopic (exact) mass is 194 g/mol. The van der Waals surface area contributed by atoms with E-state index in [1.54, 1.807) is 18.5 Å². The summed E-state index contributed by atoms with van der Waals surface area (Å²) < 4.78 is 4.75. The molecule has 1 rings (SSSR count). The van der Waals surface area contributed by atoms with Crippen LogP contribution in [0.5, 0.6) is 0 Å². The molecule has 0 radical (unpaired) electrons. The smallest absolute Gasteiger partial charge is 0.313 e. The van der Waals surface area contributed by atoms with Gasteiger partial charge in [-0.2, -0.15) is 0 Å². The molecule has 0 saturated heterocycles. The van der Waals surface area contributed by atoms with Crippen LogP contribution in [0, 0.1) is 0 Å². The van der Waals surface area contributed by atoms with E-state index < -0.39 is 5.97 Å². The number of hydrogen-bond donors (Lipinski definition) is 0.